The van der Waals surface area contributed by atoms with Crippen molar-refractivity contribution in [1.82, 2.24) is 4.57 Å². The Morgan fingerprint density at radius 2 is 0.867 bits per heavy atom. The summed E-state index contributed by atoms with van der Waals surface area (Å²) in [5.41, 5.74) is 8.58. The van der Waals surface area contributed by atoms with Crippen LogP contribution < -0.4 is 0 Å². The zero-order chi connectivity index (χ0) is 29.5. The molecule has 10 aromatic rings. The van der Waals surface area contributed by atoms with Crippen LogP contribution in [0.3, 0.4) is 0 Å². The van der Waals surface area contributed by atoms with E-state index in [1.807, 2.05) is 22.7 Å². The second kappa shape index (κ2) is 9.64. The molecule has 45 heavy (non-hydrogen) atoms. The van der Waals surface area contributed by atoms with E-state index in [0.717, 1.165) is 0 Å². The predicted octanol–water partition coefficient (Wildman–Crippen LogP) is 12.9. The minimum absolute atomic E-state index is 1.19. The Morgan fingerprint density at radius 1 is 0.311 bits per heavy atom. The highest BCUT2D eigenvalue weighted by atomic mass is 32.1. The summed E-state index contributed by atoms with van der Waals surface area (Å²) in [5, 5.41) is 7.84. The van der Waals surface area contributed by atoms with Gasteiger partial charge in [0.1, 0.15) is 0 Å². The maximum atomic E-state index is 2.46. The number of aromatic nitrogens is 1. The third-order valence-electron chi connectivity index (χ3n) is 9.20. The molecule has 0 fully saturated rings. The second-order valence-corrected chi connectivity index (χ2v) is 13.9. The van der Waals surface area contributed by atoms with Crippen LogP contribution in [-0.2, 0) is 0 Å². The Hall–Kier alpha value is -5.22. The van der Waals surface area contributed by atoms with Gasteiger partial charge in [-0.1, -0.05) is 91.0 Å². The van der Waals surface area contributed by atoms with E-state index in [9.17, 15) is 0 Å². The lowest BCUT2D eigenvalue weighted by Gasteiger charge is -2.10. The first-order valence-electron chi connectivity index (χ1n) is 15.3. The molecule has 0 aliphatic carbocycles. The molecule has 0 radical (unpaired) electrons. The van der Waals surface area contributed by atoms with Gasteiger partial charge >= 0.3 is 0 Å². The lowest BCUT2D eigenvalue weighted by atomic mass is 10.00. The van der Waals surface area contributed by atoms with E-state index >= 15 is 0 Å². The molecule has 10 rings (SSSR count). The first-order chi connectivity index (χ1) is 22.3. The van der Waals surface area contributed by atoms with Crippen molar-refractivity contribution in [3.63, 3.8) is 0 Å². The van der Waals surface area contributed by atoms with Crippen molar-refractivity contribution in [3.05, 3.63) is 152 Å². The number of hydrogen-bond donors (Lipinski definition) is 0. The molecule has 3 aromatic heterocycles. The lowest BCUT2D eigenvalue weighted by molar-refractivity contribution is 1.19. The third kappa shape index (κ3) is 3.85. The second-order valence-electron chi connectivity index (χ2n) is 11.8. The van der Waals surface area contributed by atoms with E-state index in [-0.39, 0.29) is 0 Å². The van der Waals surface area contributed by atoms with Gasteiger partial charge in [-0.3, -0.25) is 0 Å². The van der Waals surface area contributed by atoms with Crippen molar-refractivity contribution in [2.45, 2.75) is 0 Å². The van der Waals surface area contributed by atoms with Gasteiger partial charge in [0.2, 0.25) is 0 Å². The number of fused-ring (bicyclic) bond motifs is 9. The quantitative estimate of drug-likeness (QED) is 0.188. The number of rotatable bonds is 3. The van der Waals surface area contributed by atoms with Crippen LogP contribution in [0.25, 0.3) is 90.1 Å². The van der Waals surface area contributed by atoms with E-state index in [1.54, 1.807) is 0 Å². The molecule has 7 aromatic carbocycles. The Bertz CT molecular complexity index is 2760. The summed E-state index contributed by atoms with van der Waals surface area (Å²) in [7, 11) is 0. The van der Waals surface area contributed by atoms with Gasteiger partial charge in [-0.25, -0.2) is 0 Å². The average Bonchev–Trinajstić information content (AvgIpc) is 3.77. The largest absolute Gasteiger partial charge is 0.309 e. The van der Waals surface area contributed by atoms with Gasteiger partial charge in [-0.15, -0.1) is 22.7 Å². The molecule has 0 atom stereocenters. The topological polar surface area (TPSA) is 4.93 Å². The minimum Gasteiger partial charge on any atom is -0.309 e. The SMILES string of the molecule is c1ccc(-c2ccc3c4cc(-c5ccc6sc7ccccc7c6c5)ccc4n(-c4ccc5sc6ccccc6c5c4)c3c2)cc1. The van der Waals surface area contributed by atoms with E-state index in [1.165, 1.54) is 90.1 Å². The van der Waals surface area contributed by atoms with E-state index in [2.05, 4.69) is 156 Å². The minimum atomic E-state index is 1.19. The van der Waals surface area contributed by atoms with Gasteiger partial charge in [0.15, 0.2) is 0 Å². The maximum Gasteiger partial charge on any atom is 0.0547 e. The molecule has 0 unspecified atom stereocenters. The highest BCUT2D eigenvalue weighted by Gasteiger charge is 2.16. The molecule has 3 heterocycles. The van der Waals surface area contributed by atoms with Gasteiger partial charge in [-0.05, 0) is 82.9 Å². The Morgan fingerprint density at radius 3 is 1.62 bits per heavy atom. The smallest absolute Gasteiger partial charge is 0.0547 e. The van der Waals surface area contributed by atoms with Crippen LogP contribution in [0.2, 0.25) is 0 Å². The molecule has 210 valence electrons. The van der Waals surface area contributed by atoms with Gasteiger partial charge < -0.3 is 4.57 Å². The van der Waals surface area contributed by atoms with Gasteiger partial charge in [0.25, 0.3) is 0 Å². The summed E-state index contributed by atoms with van der Waals surface area (Å²) in [4.78, 5) is 0. The Kier molecular flexibility index (Phi) is 5.39. The molecule has 0 aliphatic heterocycles. The van der Waals surface area contributed by atoms with Crippen molar-refractivity contribution < 1.29 is 0 Å². The molecule has 0 saturated carbocycles. The zero-order valence-electron chi connectivity index (χ0n) is 24.2. The molecule has 0 saturated heterocycles. The normalized spacial score (nSPS) is 12.0. The van der Waals surface area contributed by atoms with Gasteiger partial charge in [0.05, 0.1) is 11.0 Å². The van der Waals surface area contributed by atoms with E-state index < -0.39 is 0 Å². The summed E-state index contributed by atoms with van der Waals surface area (Å²) in [5.74, 6) is 0. The van der Waals surface area contributed by atoms with Crippen molar-refractivity contribution in [2.24, 2.45) is 0 Å². The fourth-order valence-corrected chi connectivity index (χ4v) is 9.22. The van der Waals surface area contributed by atoms with Gasteiger partial charge in [-0.2, -0.15) is 0 Å². The lowest BCUT2D eigenvalue weighted by Crippen LogP contribution is -1.94. The average molecular weight is 608 g/mol. The van der Waals surface area contributed by atoms with Crippen LogP contribution >= 0.6 is 22.7 Å². The van der Waals surface area contributed by atoms with Crippen LogP contribution in [0.1, 0.15) is 0 Å². The Labute approximate surface area is 267 Å². The molecule has 0 aliphatic rings. The molecule has 3 heteroatoms. The fourth-order valence-electron chi connectivity index (χ4n) is 7.05. The summed E-state index contributed by atoms with van der Waals surface area (Å²) < 4.78 is 7.79. The Balaban J connectivity index is 1.23. The van der Waals surface area contributed by atoms with Crippen molar-refractivity contribution in [1.29, 1.82) is 0 Å². The zero-order valence-corrected chi connectivity index (χ0v) is 25.8. The summed E-state index contributed by atoms with van der Waals surface area (Å²) in [6.07, 6.45) is 0. The first kappa shape index (κ1) is 25.1. The highest BCUT2D eigenvalue weighted by Crippen LogP contribution is 2.41. The first-order valence-corrected chi connectivity index (χ1v) is 16.9. The highest BCUT2D eigenvalue weighted by molar-refractivity contribution is 7.26. The van der Waals surface area contributed by atoms with Crippen LogP contribution in [0, 0.1) is 0 Å². The molecular formula is C42H25NS2. The van der Waals surface area contributed by atoms with Gasteiger partial charge in [0, 0.05) is 56.8 Å². The summed E-state index contributed by atoms with van der Waals surface area (Å²) in [6.45, 7) is 0. The molecule has 0 bridgehead atoms. The van der Waals surface area contributed by atoms with E-state index in [0.29, 0.717) is 0 Å². The van der Waals surface area contributed by atoms with Crippen molar-refractivity contribution in [3.8, 4) is 27.9 Å². The predicted molar refractivity (Wildman–Crippen MR) is 197 cm³/mol. The number of hydrogen-bond acceptors (Lipinski definition) is 2. The molecular weight excluding hydrogens is 583 g/mol. The maximum absolute atomic E-state index is 2.46. The van der Waals surface area contributed by atoms with Crippen LogP contribution in [0.15, 0.2) is 152 Å². The fraction of sp³-hybridized carbons (Fsp3) is 0. The van der Waals surface area contributed by atoms with E-state index in [4.69, 9.17) is 0 Å². The number of thiophene rings is 2. The monoisotopic (exact) mass is 607 g/mol. The molecule has 0 N–H and O–H groups in total. The number of nitrogens with zero attached hydrogens (tertiary/aromatic N) is 1. The van der Waals surface area contributed by atoms with Crippen molar-refractivity contribution in [2.75, 3.05) is 0 Å². The molecule has 1 nitrogen and oxygen atoms in total. The summed E-state index contributed by atoms with van der Waals surface area (Å²) >= 11 is 3.74. The standard InChI is InChI=1S/C42H25NS2/c1-2-8-26(9-3-1)29-14-18-31-34-22-27(28-16-20-41-35(23-28)32-10-4-6-12-39(32)44-41)15-19-37(34)43(38(31)24-29)30-17-21-42-36(25-30)33-11-5-7-13-40(33)45-42/h1-25H. The molecule has 0 spiro atoms. The summed E-state index contributed by atoms with van der Waals surface area (Å²) in [6, 6.07) is 56.0. The van der Waals surface area contributed by atoms with Crippen LogP contribution in [0.5, 0.6) is 0 Å². The number of benzene rings is 7. The molecule has 0 amide bonds. The van der Waals surface area contributed by atoms with Crippen LogP contribution in [0.4, 0.5) is 0 Å². The van der Waals surface area contributed by atoms with Crippen molar-refractivity contribution >= 4 is 84.8 Å². The van der Waals surface area contributed by atoms with Crippen LogP contribution in [-0.4, -0.2) is 4.57 Å². The third-order valence-corrected chi connectivity index (χ3v) is 11.5.